The van der Waals surface area contributed by atoms with E-state index in [1.54, 1.807) is 7.05 Å². The molecule has 1 aromatic carbocycles. The van der Waals surface area contributed by atoms with Crippen LogP contribution in [0.15, 0.2) is 24.3 Å². The first-order chi connectivity index (χ1) is 10.2. The van der Waals surface area contributed by atoms with Gasteiger partial charge in [0.1, 0.15) is 0 Å². The van der Waals surface area contributed by atoms with Crippen LogP contribution in [-0.2, 0) is 0 Å². The van der Waals surface area contributed by atoms with Crippen LogP contribution in [-0.4, -0.2) is 35.1 Å². The van der Waals surface area contributed by atoms with Gasteiger partial charge in [0.2, 0.25) is 17.2 Å². The molecule has 0 aliphatic carbocycles. The molecule has 2 aromatic rings. The lowest BCUT2D eigenvalue weighted by molar-refractivity contribution is 0.866. The molecular formula is C14H19ClN6. The molecule has 2 rings (SSSR count). The van der Waals surface area contributed by atoms with Gasteiger partial charge in [0.25, 0.3) is 0 Å². The van der Waals surface area contributed by atoms with Crippen molar-refractivity contribution in [2.45, 2.75) is 13.8 Å². The normalized spacial score (nSPS) is 10.3. The van der Waals surface area contributed by atoms with E-state index in [0.29, 0.717) is 11.9 Å². The largest absolute Gasteiger partial charge is 0.372 e. The third kappa shape index (κ3) is 3.95. The lowest BCUT2D eigenvalue weighted by atomic mass is 10.2. The van der Waals surface area contributed by atoms with Crippen molar-refractivity contribution in [3.05, 3.63) is 29.5 Å². The van der Waals surface area contributed by atoms with Gasteiger partial charge in [-0.15, -0.1) is 0 Å². The highest BCUT2D eigenvalue weighted by Crippen LogP contribution is 2.20. The molecule has 0 unspecified atom stereocenters. The van der Waals surface area contributed by atoms with Crippen LogP contribution in [0.2, 0.25) is 5.28 Å². The Kier molecular flexibility index (Phi) is 5.16. The molecule has 0 radical (unpaired) electrons. The zero-order valence-corrected chi connectivity index (χ0v) is 13.1. The van der Waals surface area contributed by atoms with E-state index < -0.39 is 0 Å². The average Bonchev–Trinajstić information content (AvgIpc) is 2.49. The van der Waals surface area contributed by atoms with Crippen molar-refractivity contribution in [2.24, 2.45) is 0 Å². The molecule has 1 heterocycles. The van der Waals surface area contributed by atoms with Gasteiger partial charge in [0.15, 0.2) is 0 Å². The van der Waals surface area contributed by atoms with Gasteiger partial charge in [-0.25, -0.2) is 0 Å². The fraction of sp³-hybridized carbons (Fsp3) is 0.357. The molecule has 1 aromatic heterocycles. The van der Waals surface area contributed by atoms with E-state index in [-0.39, 0.29) is 5.28 Å². The summed E-state index contributed by atoms with van der Waals surface area (Å²) < 4.78 is 0. The topological polar surface area (TPSA) is 66.0 Å². The highest BCUT2D eigenvalue weighted by atomic mass is 35.5. The first-order valence-corrected chi connectivity index (χ1v) is 7.25. The predicted octanol–water partition coefficient (Wildman–Crippen LogP) is 3.16. The van der Waals surface area contributed by atoms with Crippen molar-refractivity contribution in [3.8, 4) is 0 Å². The Balaban J connectivity index is 2.15. The summed E-state index contributed by atoms with van der Waals surface area (Å²) in [6.07, 6.45) is 0. The van der Waals surface area contributed by atoms with Gasteiger partial charge in [-0.3, -0.25) is 0 Å². The van der Waals surface area contributed by atoms with E-state index in [1.807, 2.05) is 12.1 Å². The molecule has 0 saturated carbocycles. The lowest BCUT2D eigenvalue weighted by Crippen LogP contribution is -2.21. The SMILES string of the molecule is CCN(CC)c1ccc(Nc2nc(Cl)nc(NC)n2)cc1. The molecule has 0 spiro atoms. The van der Waals surface area contributed by atoms with E-state index >= 15 is 0 Å². The van der Waals surface area contributed by atoms with Gasteiger partial charge in [-0.1, -0.05) is 0 Å². The van der Waals surface area contributed by atoms with Crippen molar-refractivity contribution < 1.29 is 0 Å². The number of hydrogen-bond donors (Lipinski definition) is 2. The van der Waals surface area contributed by atoms with Crippen LogP contribution in [0.5, 0.6) is 0 Å². The summed E-state index contributed by atoms with van der Waals surface area (Å²) >= 11 is 5.85. The third-order valence-electron chi connectivity index (χ3n) is 3.08. The molecule has 0 atom stereocenters. The zero-order valence-electron chi connectivity index (χ0n) is 12.4. The number of hydrogen-bond acceptors (Lipinski definition) is 6. The first kappa shape index (κ1) is 15.3. The van der Waals surface area contributed by atoms with Gasteiger partial charge < -0.3 is 15.5 Å². The molecule has 2 N–H and O–H groups in total. The molecule has 0 bridgehead atoms. The van der Waals surface area contributed by atoms with Gasteiger partial charge in [-0.05, 0) is 49.7 Å². The monoisotopic (exact) mass is 306 g/mol. The second-order valence-corrected chi connectivity index (χ2v) is 4.68. The number of nitrogens with one attached hydrogen (secondary N) is 2. The molecule has 0 amide bonds. The van der Waals surface area contributed by atoms with Gasteiger partial charge >= 0.3 is 0 Å². The van der Waals surface area contributed by atoms with Crippen molar-refractivity contribution in [2.75, 3.05) is 35.7 Å². The van der Waals surface area contributed by atoms with Crippen molar-refractivity contribution in [1.29, 1.82) is 0 Å². The van der Waals surface area contributed by atoms with Gasteiger partial charge in [-0.2, -0.15) is 15.0 Å². The minimum atomic E-state index is 0.150. The van der Waals surface area contributed by atoms with E-state index in [2.05, 4.69) is 56.5 Å². The van der Waals surface area contributed by atoms with Crippen molar-refractivity contribution in [3.63, 3.8) is 0 Å². The Morgan fingerprint density at radius 1 is 1.00 bits per heavy atom. The summed E-state index contributed by atoms with van der Waals surface area (Å²) in [5, 5.41) is 6.11. The number of aromatic nitrogens is 3. The van der Waals surface area contributed by atoms with Gasteiger partial charge in [0.05, 0.1) is 0 Å². The van der Waals surface area contributed by atoms with Crippen LogP contribution in [0.3, 0.4) is 0 Å². The Morgan fingerprint density at radius 2 is 1.62 bits per heavy atom. The van der Waals surface area contributed by atoms with E-state index in [1.165, 1.54) is 5.69 Å². The number of halogens is 1. The standard InChI is InChI=1S/C14H19ClN6/c1-4-21(5-2)11-8-6-10(7-9-11)17-14-19-12(15)18-13(16-3)20-14/h6-9H,4-5H2,1-3H3,(H2,16,17,18,19,20). The summed E-state index contributed by atoms with van der Waals surface area (Å²) in [4.78, 5) is 14.5. The predicted molar refractivity (Wildman–Crippen MR) is 87.7 cm³/mol. The number of nitrogens with zero attached hydrogens (tertiary/aromatic N) is 4. The Labute approximate surface area is 129 Å². The number of anilines is 4. The Hall–Kier alpha value is -2.08. The summed E-state index contributed by atoms with van der Waals surface area (Å²) in [5.41, 5.74) is 2.09. The zero-order chi connectivity index (χ0) is 15.2. The van der Waals surface area contributed by atoms with Gasteiger partial charge in [0, 0.05) is 31.5 Å². The summed E-state index contributed by atoms with van der Waals surface area (Å²) in [6, 6.07) is 8.11. The maximum Gasteiger partial charge on any atom is 0.233 e. The highest BCUT2D eigenvalue weighted by molar-refractivity contribution is 6.28. The first-order valence-electron chi connectivity index (χ1n) is 6.87. The third-order valence-corrected chi connectivity index (χ3v) is 3.25. The smallest absolute Gasteiger partial charge is 0.233 e. The van der Waals surface area contributed by atoms with Crippen LogP contribution >= 0.6 is 11.6 Å². The van der Waals surface area contributed by atoms with Crippen LogP contribution in [0.4, 0.5) is 23.3 Å². The minimum absolute atomic E-state index is 0.150. The van der Waals surface area contributed by atoms with E-state index in [9.17, 15) is 0 Å². The fourth-order valence-corrected chi connectivity index (χ4v) is 2.15. The molecule has 7 heteroatoms. The quantitative estimate of drug-likeness (QED) is 0.854. The molecule has 6 nitrogen and oxygen atoms in total. The minimum Gasteiger partial charge on any atom is -0.372 e. The molecule has 0 aliphatic rings. The molecule has 0 fully saturated rings. The maximum absolute atomic E-state index is 5.85. The lowest BCUT2D eigenvalue weighted by Gasteiger charge is -2.21. The van der Waals surface area contributed by atoms with Crippen LogP contribution in [0, 0.1) is 0 Å². The molecule has 21 heavy (non-hydrogen) atoms. The number of benzene rings is 1. The molecular weight excluding hydrogens is 288 g/mol. The van der Waals surface area contributed by atoms with Crippen LogP contribution < -0.4 is 15.5 Å². The Morgan fingerprint density at radius 3 is 2.19 bits per heavy atom. The molecule has 112 valence electrons. The Bertz CT molecular complexity index is 583. The summed E-state index contributed by atoms with van der Waals surface area (Å²) in [6.45, 7) is 6.25. The van der Waals surface area contributed by atoms with Crippen LogP contribution in [0.25, 0.3) is 0 Å². The number of rotatable bonds is 6. The summed E-state index contributed by atoms with van der Waals surface area (Å²) in [5.74, 6) is 0.840. The second-order valence-electron chi connectivity index (χ2n) is 4.35. The average molecular weight is 307 g/mol. The van der Waals surface area contributed by atoms with Crippen LogP contribution in [0.1, 0.15) is 13.8 Å². The fourth-order valence-electron chi connectivity index (χ4n) is 1.99. The van der Waals surface area contributed by atoms with E-state index in [0.717, 1.165) is 18.8 Å². The van der Waals surface area contributed by atoms with Crippen molar-refractivity contribution in [1.82, 2.24) is 15.0 Å². The second kappa shape index (κ2) is 7.08. The summed E-state index contributed by atoms with van der Waals surface area (Å²) in [7, 11) is 1.73. The molecule has 0 saturated heterocycles. The van der Waals surface area contributed by atoms with Crippen molar-refractivity contribution >= 4 is 34.9 Å². The maximum atomic E-state index is 5.85. The highest BCUT2D eigenvalue weighted by Gasteiger charge is 2.05. The van der Waals surface area contributed by atoms with E-state index in [4.69, 9.17) is 11.6 Å². The molecule has 0 aliphatic heterocycles.